The van der Waals surface area contributed by atoms with Crippen LogP contribution in [0.1, 0.15) is 38.8 Å². The van der Waals surface area contributed by atoms with Crippen molar-refractivity contribution in [3.05, 3.63) is 64.7 Å². The van der Waals surface area contributed by atoms with E-state index in [0.717, 1.165) is 17.0 Å². The van der Waals surface area contributed by atoms with Gasteiger partial charge in [-0.1, -0.05) is 86.6 Å². The summed E-state index contributed by atoms with van der Waals surface area (Å²) in [7, 11) is 0. The van der Waals surface area contributed by atoms with Crippen LogP contribution in [0.3, 0.4) is 0 Å². The highest BCUT2D eigenvalue weighted by Gasteiger charge is 2.17. The lowest BCUT2D eigenvalue weighted by molar-refractivity contribution is -0.118. The second kappa shape index (κ2) is 10.1. The van der Waals surface area contributed by atoms with Crippen LogP contribution >= 0.6 is 23.4 Å². The van der Waals surface area contributed by atoms with Crippen molar-refractivity contribution in [2.75, 3.05) is 5.75 Å². The van der Waals surface area contributed by atoms with E-state index in [1.165, 1.54) is 23.5 Å². The molecule has 3 aromatic rings. The minimum absolute atomic E-state index is 0.0969. The Morgan fingerprint density at radius 3 is 2.52 bits per heavy atom. The lowest BCUT2D eigenvalue weighted by Gasteiger charge is -2.19. The zero-order valence-corrected chi connectivity index (χ0v) is 19.7. The summed E-state index contributed by atoms with van der Waals surface area (Å²) >= 11 is 7.40. The molecule has 1 amide bonds. The van der Waals surface area contributed by atoms with E-state index in [1.54, 1.807) is 6.07 Å². The molecule has 6 nitrogen and oxygen atoms in total. The van der Waals surface area contributed by atoms with E-state index in [9.17, 15) is 4.79 Å². The number of benzene rings is 2. The molecule has 0 aliphatic rings. The fraction of sp³-hybridized carbons (Fsp3) is 0.304. The molecule has 0 spiro atoms. The molecule has 0 unspecified atom stereocenters. The third kappa shape index (κ3) is 5.95. The van der Waals surface area contributed by atoms with E-state index in [2.05, 4.69) is 65.8 Å². The van der Waals surface area contributed by atoms with E-state index in [-0.39, 0.29) is 17.1 Å². The molecule has 0 fully saturated rings. The Morgan fingerprint density at radius 1 is 1.16 bits per heavy atom. The second-order valence-corrected chi connectivity index (χ2v) is 9.33. The van der Waals surface area contributed by atoms with Crippen LogP contribution in [0.15, 0.2) is 58.8 Å². The largest absolute Gasteiger partial charge is 0.302 e. The molecule has 0 aliphatic heterocycles. The summed E-state index contributed by atoms with van der Waals surface area (Å²) in [6.07, 6.45) is 1.53. The minimum atomic E-state index is -0.227. The summed E-state index contributed by atoms with van der Waals surface area (Å²) in [5, 5.41) is 13.9. The molecule has 31 heavy (non-hydrogen) atoms. The smallest absolute Gasteiger partial charge is 0.250 e. The van der Waals surface area contributed by atoms with E-state index in [0.29, 0.717) is 16.7 Å². The Bertz CT molecular complexity index is 1070. The van der Waals surface area contributed by atoms with Crippen LogP contribution in [0.4, 0.5) is 0 Å². The van der Waals surface area contributed by atoms with Gasteiger partial charge in [0.1, 0.15) is 0 Å². The third-order valence-electron chi connectivity index (χ3n) is 4.67. The standard InChI is InChI=1S/C23H26ClN5OS/c1-5-29-21(16-10-12-18(13-11-16)23(2,3)4)27-28-22(29)31-15-20(30)26-25-14-17-8-6-7-9-19(17)24/h6-14H,5,15H2,1-4H3,(H,26,30)/b25-14+. The van der Waals surface area contributed by atoms with Crippen molar-refractivity contribution in [1.82, 2.24) is 20.2 Å². The molecule has 1 aromatic heterocycles. The van der Waals surface area contributed by atoms with Gasteiger partial charge in [-0.05, 0) is 24.0 Å². The fourth-order valence-electron chi connectivity index (χ4n) is 2.93. The summed E-state index contributed by atoms with van der Waals surface area (Å²) in [4.78, 5) is 12.2. The number of hydrazone groups is 1. The number of thioether (sulfide) groups is 1. The zero-order valence-electron chi connectivity index (χ0n) is 18.1. The molecular weight excluding hydrogens is 430 g/mol. The number of hydrogen-bond acceptors (Lipinski definition) is 5. The van der Waals surface area contributed by atoms with Gasteiger partial charge in [0.15, 0.2) is 11.0 Å². The van der Waals surface area contributed by atoms with Crippen molar-refractivity contribution in [1.29, 1.82) is 0 Å². The van der Waals surface area contributed by atoms with Crippen LogP contribution in [0.5, 0.6) is 0 Å². The quantitative estimate of drug-likeness (QED) is 0.303. The van der Waals surface area contributed by atoms with Gasteiger partial charge in [0, 0.05) is 22.7 Å². The molecule has 0 radical (unpaired) electrons. The first-order valence-corrected chi connectivity index (χ1v) is 11.4. The predicted molar refractivity (Wildman–Crippen MR) is 128 cm³/mol. The highest BCUT2D eigenvalue weighted by molar-refractivity contribution is 7.99. The van der Waals surface area contributed by atoms with E-state index < -0.39 is 0 Å². The van der Waals surface area contributed by atoms with E-state index in [1.807, 2.05) is 29.7 Å². The van der Waals surface area contributed by atoms with Crippen LogP contribution in [-0.4, -0.2) is 32.6 Å². The number of aromatic nitrogens is 3. The Balaban J connectivity index is 1.63. The van der Waals surface area contributed by atoms with Gasteiger partial charge in [-0.3, -0.25) is 4.79 Å². The highest BCUT2D eigenvalue weighted by Crippen LogP contribution is 2.27. The molecule has 162 valence electrons. The normalized spacial score (nSPS) is 11.8. The first-order valence-electron chi connectivity index (χ1n) is 10.0. The topological polar surface area (TPSA) is 72.2 Å². The lowest BCUT2D eigenvalue weighted by Crippen LogP contribution is -2.20. The van der Waals surface area contributed by atoms with Crippen LogP contribution in [-0.2, 0) is 16.8 Å². The van der Waals surface area contributed by atoms with Crippen LogP contribution < -0.4 is 5.43 Å². The van der Waals surface area contributed by atoms with Crippen molar-refractivity contribution in [2.24, 2.45) is 5.10 Å². The average Bonchev–Trinajstić information content (AvgIpc) is 3.16. The lowest BCUT2D eigenvalue weighted by atomic mass is 9.87. The molecule has 2 aromatic carbocycles. The maximum Gasteiger partial charge on any atom is 0.250 e. The van der Waals surface area contributed by atoms with Crippen LogP contribution in [0.2, 0.25) is 5.02 Å². The molecule has 1 heterocycles. The molecule has 0 aliphatic carbocycles. The second-order valence-electron chi connectivity index (χ2n) is 7.98. The van der Waals surface area contributed by atoms with Gasteiger partial charge in [-0.2, -0.15) is 5.10 Å². The summed E-state index contributed by atoms with van der Waals surface area (Å²) in [5.41, 5.74) is 5.62. The van der Waals surface area contributed by atoms with Gasteiger partial charge in [0.05, 0.1) is 12.0 Å². The Hall–Kier alpha value is -2.64. The van der Waals surface area contributed by atoms with Crippen LogP contribution in [0.25, 0.3) is 11.4 Å². The van der Waals surface area contributed by atoms with Gasteiger partial charge in [0.25, 0.3) is 5.91 Å². The first kappa shape index (κ1) is 23.0. The van der Waals surface area contributed by atoms with Gasteiger partial charge in [-0.25, -0.2) is 5.43 Å². The molecule has 0 saturated heterocycles. The molecule has 8 heteroatoms. The maximum atomic E-state index is 12.2. The first-order chi connectivity index (χ1) is 14.8. The number of carbonyl (C=O) groups is 1. The number of rotatable bonds is 7. The SMILES string of the molecule is CCn1c(SCC(=O)N/N=C/c2ccccc2Cl)nnc1-c1ccc(C(C)(C)C)cc1. The Morgan fingerprint density at radius 2 is 1.87 bits per heavy atom. The number of hydrogen-bond donors (Lipinski definition) is 1. The molecule has 0 atom stereocenters. The summed E-state index contributed by atoms with van der Waals surface area (Å²) in [6, 6.07) is 15.7. The number of amides is 1. The number of carbonyl (C=O) groups excluding carboxylic acids is 1. The van der Waals surface area contributed by atoms with Gasteiger partial charge >= 0.3 is 0 Å². The highest BCUT2D eigenvalue weighted by atomic mass is 35.5. The maximum absolute atomic E-state index is 12.2. The van der Waals surface area contributed by atoms with Crippen molar-refractivity contribution >= 4 is 35.5 Å². The summed E-state index contributed by atoms with van der Waals surface area (Å²) in [5.74, 6) is 0.749. The minimum Gasteiger partial charge on any atom is -0.302 e. The Labute approximate surface area is 192 Å². The van der Waals surface area contributed by atoms with Gasteiger partial charge < -0.3 is 4.57 Å². The Kier molecular flexibility index (Phi) is 7.51. The van der Waals surface area contributed by atoms with Crippen molar-refractivity contribution in [2.45, 2.75) is 44.8 Å². The number of nitrogens with zero attached hydrogens (tertiary/aromatic N) is 4. The van der Waals surface area contributed by atoms with Gasteiger partial charge in [-0.15, -0.1) is 10.2 Å². The average molecular weight is 456 g/mol. The summed E-state index contributed by atoms with van der Waals surface area (Å²) < 4.78 is 2.01. The third-order valence-corrected chi connectivity index (χ3v) is 5.98. The molecule has 0 saturated carbocycles. The molecular formula is C23H26ClN5OS. The van der Waals surface area contributed by atoms with E-state index in [4.69, 9.17) is 11.6 Å². The predicted octanol–water partition coefficient (Wildman–Crippen LogP) is 5.16. The van der Waals surface area contributed by atoms with Crippen molar-refractivity contribution in [3.63, 3.8) is 0 Å². The fourth-order valence-corrected chi connectivity index (χ4v) is 3.91. The molecule has 1 N–H and O–H groups in total. The van der Waals surface area contributed by atoms with Crippen LogP contribution in [0, 0.1) is 0 Å². The summed E-state index contributed by atoms with van der Waals surface area (Å²) in [6.45, 7) is 9.31. The van der Waals surface area contributed by atoms with Gasteiger partial charge in [0.2, 0.25) is 0 Å². The monoisotopic (exact) mass is 455 g/mol. The van der Waals surface area contributed by atoms with Crippen molar-refractivity contribution in [3.8, 4) is 11.4 Å². The molecule has 3 rings (SSSR count). The number of halogens is 1. The van der Waals surface area contributed by atoms with E-state index >= 15 is 0 Å². The molecule has 0 bridgehead atoms. The number of nitrogens with one attached hydrogen (secondary N) is 1. The van der Waals surface area contributed by atoms with Crippen molar-refractivity contribution < 1.29 is 4.79 Å². The zero-order chi connectivity index (χ0) is 22.4.